The van der Waals surface area contributed by atoms with E-state index in [1.807, 2.05) is 30.5 Å². The maximum Gasteiger partial charge on any atom is 0.244 e. The van der Waals surface area contributed by atoms with Crippen LogP contribution in [-0.2, 0) is 11.3 Å². The molecule has 3 heterocycles. The van der Waals surface area contributed by atoms with Gasteiger partial charge in [-0.25, -0.2) is 4.98 Å². The first-order valence-electron chi connectivity index (χ1n) is 7.62. The van der Waals surface area contributed by atoms with Gasteiger partial charge in [0.05, 0.1) is 3.79 Å². The van der Waals surface area contributed by atoms with E-state index in [1.54, 1.807) is 17.4 Å². The van der Waals surface area contributed by atoms with Crippen molar-refractivity contribution >= 4 is 45.1 Å². The molecular formula is C17H18BrN3OS. The Hall–Kier alpha value is -1.66. The van der Waals surface area contributed by atoms with Crippen LogP contribution in [0.2, 0.25) is 0 Å². The van der Waals surface area contributed by atoms with E-state index in [4.69, 9.17) is 0 Å². The second-order valence-corrected chi connectivity index (χ2v) is 7.90. The zero-order valence-electron chi connectivity index (χ0n) is 12.7. The molecule has 1 aliphatic rings. The first kappa shape index (κ1) is 16.2. The van der Waals surface area contributed by atoms with Gasteiger partial charge in [0.25, 0.3) is 0 Å². The monoisotopic (exact) mass is 391 g/mol. The lowest BCUT2D eigenvalue weighted by atomic mass is 10.2. The molecule has 0 spiro atoms. The van der Waals surface area contributed by atoms with Gasteiger partial charge in [-0.3, -0.25) is 4.79 Å². The van der Waals surface area contributed by atoms with Gasteiger partial charge in [-0.15, -0.1) is 11.3 Å². The smallest absolute Gasteiger partial charge is 0.244 e. The van der Waals surface area contributed by atoms with Crippen molar-refractivity contribution in [3.63, 3.8) is 0 Å². The molecule has 0 aliphatic carbocycles. The van der Waals surface area contributed by atoms with E-state index in [1.165, 1.54) is 12.8 Å². The molecule has 2 aromatic rings. The number of rotatable bonds is 5. The van der Waals surface area contributed by atoms with E-state index in [0.29, 0.717) is 6.54 Å². The third-order valence-electron chi connectivity index (χ3n) is 3.70. The Morgan fingerprint density at radius 3 is 2.91 bits per heavy atom. The molecule has 0 aromatic carbocycles. The molecule has 0 atom stereocenters. The van der Waals surface area contributed by atoms with Crippen molar-refractivity contribution in [1.29, 1.82) is 0 Å². The number of nitrogens with one attached hydrogen (secondary N) is 1. The number of carbonyl (C=O) groups excluding carboxylic acids is 1. The quantitative estimate of drug-likeness (QED) is 0.787. The summed E-state index contributed by atoms with van der Waals surface area (Å²) in [6.45, 7) is 2.66. The highest BCUT2D eigenvalue weighted by atomic mass is 79.9. The summed E-state index contributed by atoms with van der Waals surface area (Å²) >= 11 is 5.01. The zero-order chi connectivity index (χ0) is 16.1. The Bertz CT molecular complexity index is 707. The van der Waals surface area contributed by atoms with Crippen LogP contribution in [0.5, 0.6) is 0 Å². The lowest BCUT2D eigenvalue weighted by Crippen LogP contribution is -2.22. The van der Waals surface area contributed by atoms with Gasteiger partial charge in [0.1, 0.15) is 5.82 Å². The van der Waals surface area contributed by atoms with Crippen molar-refractivity contribution in [2.45, 2.75) is 19.4 Å². The van der Waals surface area contributed by atoms with E-state index >= 15 is 0 Å². The van der Waals surface area contributed by atoms with Crippen LogP contribution in [0.1, 0.15) is 23.3 Å². The molecular weight excluding hydrogens is 374 g/mol. The molecule has 23 heavy (non-hydrogen) atoms. The average molecular weight is 392 g/mol. The van der Waals surface area contributed by atoms with E-state index < -0.39 is 0 Å². The van der Waals surface area contributed by atoms with Crippen LogP contribution in [0.4, 0.5) is 5.82 Å². The number of hydrogen-bond donors (Lipinski definition) is 1. The number of aromatic nitrogens is 1. The predicted octanol–water partition coefficient (Wildman–Crippen LogP) is 3.84. The molecule has 1 saturated heterocycles. The number of hydrogen-bond acceptors (Lipinski definition) is 4. The van der Waals surface area contributed by atoms with Crippen LogP contribution >= 0.6 is 27.3 Å². The van der Waals surface area contributed by atoms with Gasteiger partial charge >= 0.3 is 0 Å². The summed E-state index contributed by atoms with van der Waals surface area (Å²) in [7, 11) is 0. The summed E-state index contributed by atoms with van der Waals surface area (Å²) in [5.41, 5.74) is 1.07. The summed E-state index contributed by atoms with van der Waals surface area (Å²) < 4.78 is 1.06. The normalized spacial score (nSPS) is 14.6. The molecule has 120 valence electrons. The largest absolute Gasteiger partial charge is 0.357 e. The Labute approximate surface area is 148 Å². The molecule has 2 aromatic heterocycles. The van der Waals surface area contributed by atoms with Crippen LogP contribution in [0.3, 0.4) is 0 Å². The summed E-state index contributed by atoms with van der Waals surface area (Å²) in [6, 6.07) is 7.95. The van der Waals surface area contributed by atoms with Crippen molar-refractivity contribution < 1.29 is 4.79 Å². The van der Waals surface area contributed by atoms with E-state index in [0.717, 1.165) is 33.1 Å². The number of nitrogens with zero attached hydrogens (tertiary/aromatic N) is 2. The fraction of sp³-hybridized carbons (Fsp3) is 0.294. The van der Waals surface area contributed by atoms with Crippen molar-refractivity contribution in [3.8, 4) is 0 Å². The standard InChI is InChI=1S/C17H18BrN3OS/c18-15-5-3-14(23-15)4-6-17(22)20-12-13-7-8-19-16(11-13)21-9-1-2-10-21/h3-8,11H,1-2,9-10,12H2,(H,20,22). The second kappa shape index (κ2) is 7.75. The topological polar surface area (TPSA) is 45.2 Å². The van der Waals surface area contributed by atoms with Gasteiger partial charge in [0, 0.05) is 36.8 Å². The van der Waals surface area contributed by atoms with Gasteiger partial charge in [-0.1, -0.05) is 0 Å². The molecule has 0 bridgehead atoms. The lowest BCUT2D eigenvalue weighted by molar-refractivity contribution is -0.116. The average Bonchev–Trinajstić information content (AvgIpc) is 3.23. The highest BCUT2D eigenvalue weighted by Crippen LogP contribution is 2.23. The number of carbonyl (C=O) groups is 1. The van der Waals surface area contributed by atoms with Gasteiger partial charge < -0.3 is 10.2 Å². The van der Waals surface area contributed by atoms with E-state index in [2.05, 4.69) is 37.2 Å². The van der Waals surface area contributed by atoms with Crippen LogP contribution in [0, 0.1) is 0 Å². The SMILES string of the molecule is O=C(C=Cc1ccc(Br)s1)NCc1ccnc(N2CCCC2)c1. The second-order valence-electron chi connectivity index (χ2n) is 5.41. The maximum absolute atomic E-state index is 11.9. The van der Waals surface area contributed by atoms with Crippen molar-refractivity contribution in [3.05, 3.63) is 50.8 Å². The summed E-state index contributed by atoms with van der Waals surface area (Å²) in [5.74, 6) is 0.919. The van der Waals surface area contributed by atoms with E-state index in [9.17, 15) is 4.79 Å². The number of halogens is 1. The van der Waals surface area contributed by atoms with Crippen molar-refractivity contribution in [2.24, 2.45) is 0 Å². The molecule has 6 heteroatoms. The minimum atomic E-state index is -0.0888. The minimum Gasteiger partial charge on any atom is -0.357 e. The fourth-order valence-corrected chi connectivity index (χ4v) is 3.84. The molecule has 1 aliphatic heterocycles. The van der Waals surface area contributed by atoms with E-state index in [-0.39, 0.29) is 5.91 Å². The highest BCUT2D eigenvalue weighted by molar-refractivity contribution is 9.11. The number of pyridine rings is 1. The number of anilines is 1. The molecule has 1 N–H and O–H groups in total. The number of amides is 1. The minimum absolute atomic E-state index is 0.0888. The highest BCUT2D eigenvalue weighted by Gasteiger charge is 2.13. The summed E-state index contributed by atoms with van der Waals surface area (Å²) in [4.78, 5) is 19.7. The van der Waals surface area contributed by atoms with Crippen molar-refractivity contribution in [2.75, 3.05) is 18.0 Å². The van der Waals surface area contributed by atoms with Crippen LogP contribution in [-0.4, -0.2) is 24.0 Å². The molecule has 1 amide bonds. The van der Waals surface area contributed by atoms with Crippen LogP contribution < -0.4 is 10.2 Å². The first-order valence-corrected chi connectivity index (χ1v) is 9.23. The predicted molar refractivity (Wildman–Crippen MR) is 98.6 cm³/mol. The Kier molecular flexibility index (Phi) is 5.46. The van der Waals surface area contributed by atoms with Gasteiger partial charge in [0.2, 0.25) is 5.91 Å². The Balaban J connectivity index is 1.54. The van der Waals surface area contributed by atoms with Crippen molar-refractivity contribution in [1.82, 2.24) is 10.3 Å². The first-order chi connectivity index (χ1) is 11.2. The molecule has 0 unspecified atom stereocenters. The van der Waals surface area contributed by atoms with Gasteiger partial charge in [-0.05, 0) is 64.7 Å². The molecule has 4 nitrogen and oxygen atoms in total. The lowest BCUT2D eigenvalue weighted by Gasteiger charge is -2.16. The molecule has 0 saturated carbocycles. The summed E-state index contributed by atoms with van der Waals surface area (Å²) in [5, 5.41) is 2.91. The molecule has 1 fully saturated rings. The third-order valence-corrected chi connectivity index (χ3v) is 5.29. The Morgan fingerprint density at radius 1 is 1.35 bits per heavy atom. The Morgan fingerprint density at radius 2 is 2.17 bits per heavy atom. The maximum atomic E-state index is 11.9. The fourth-order valence-electron chi connectivity index (χ4n) is 2.51. The third kappa shape index (κ3) is 4.65. The number of thiophene rings is 1. The van der Waals surface area contributed by atoms with Crippen LogP contribution in [0.15, 0.2) is 40.3 Å². The summed E-state index contributed by atoms with van der Waals surface area (Å²) in [6.07, 6.45) is 7.67. The van der Waals surface area contributed by atoms with Gasteiger partial charge in [0.15, 0.2) is 0 Å². The molecule has 0 radical (unpaired) electrons. The zero-order valence-corrected chi connectivity index (χ0v) is 15.1. The van der Waals surface area contributed by atoms with Crippen LogP contribution in [0.25, 0.3) is 6.08 Å². The molecule has 3 rings (SSSR count). The van der Waals surface area contributed by atoms with Gasteiger partial charge in [-0.2, -0.15) is 0 Å².